The Labute approximate surface area is 230 Å². The summed E-state index contributed by atoms with van der Waals surface area (Å²) in [5, 5.41) is 2.47. The standard InChI is InChI=1S/C32H20BrIO2/c33-29-15-7-5-13-24(29)22-11-3-1-9-20(22)17-21-10-2-4-12-23(21)27-18-26-25-14-6-8-16-31(25)36-32(35)28(26)19-30(27)34/h1-16,18-19H,17H2. The summed E-state index contributed by atoms with van der Waals surface area (Å²) in [4.78, 5) is 12.7. The molecule has 36 heavy (non-hydrogen) atoms. The summed E-state index contributed by atoms with van der Waals surface area (Å²) >= 11 is 6.06. The van der Waals surface area contributed by atoms with Crippen molar-refractivity contribution in [3.63, 3.8) is 0 Å². The van der Waals surface area contributed by atoms with Crippen LogP contribution in [0.2, 0.25) is 0 Å². The number of hydrogen-bond acceptors (Lipinski definition) is 2. The van der Waals surface area contributed by atoms with Crippen LogP contribution in [0.4, 0.5) is 0 Å². The number of para-hydroxylation sites is 1. The lowest BCUT2D eigenvalue weighted by molar-refractivity contribution is 0.569. The molecule has 0 aliphatic rings. The highest BCUT2D eigenvalue weighted by Gasteiger charge is 2.16. The van der Waals surface area contributed by atoms with Crippen molar-refractivity contribution in [1.29, 1.82) is 0 Å². The van der Waals surface area contributed by atoms with Crippen molar-refractivity contribution < 1.29 is 4.42 Å². The molecule has 6 aromatic rings. The monoisotopic (exact) mass is 642 g/mol. The van der Waals surface area contributed by atoms with E-state index in [9.17, 15) is 4.79 Å². The lowest BCUT2D eigenvalue weighted by Crippen LogP contribution is -2.02. The van der Waals surface area contributed by atoms with Gasteiger partial charge < -0.3 is 4.42 Å². The quantitative estimate of drug-likeness (QED) is 0.109. The highest BCUT2D eigenvalue weighted by molar-refractivity contribution is 14.1. The molecule has 2 nitrogen and oxygen atoms in total. The molecule has 4 heteroatoms. The predicted molar refractivity (Wildman–Crippen MR) is 161 cm³/mol. The van der Waals surface area contributed by atoms with Gasteiger partial charge in [-0.3, -0.25) is 0 Å². The molecule has 0 radical (unpaired) electrons. The van der Waals surface area contributed by atoms with Gasteiger partial charge in [-0.05, 0) is 86.7 Å². The zero-order valence-electron chi connectivity index (χ0n) is 19.2. The molecule has 0 saturated carbocycles. The summed E-state index contributed by atoms with van der Waals surface area (Å²) in [6, 6.07) is 37.3. The van der Waals surface area contributed by atoms with Crippen molar-refractivity contribution in [3.8, 4) is 22.3 Å². The van der Waals surface area contributed by atoms with E-state index in [1.165, 1.54) is 27.8 Å². The minimum atomic E-state index is -0.302. The second kappa shape index (κ2) is 9.68. The van der Waals surface area contributed by atoms with Crippen molar-refractivity contribution in [2.75, 3.05) is 0 Å². The summed E-state index contributed by atoms with van der Waals surface area (Å²) in [7, 11) is 0. The molecule has 0 aliphatic heterocycles. The van der Waals surface area contributed by atoms with Crippen LogP contribution in [0.5, 0.6) is 0 Å². The molecule has 0 amide bonds. The molecule has 0 saturated heterocycles. The van der Waals surface area contributed by atoms with Gasteiger partial charge in [0.15, 0.2) is 0 Å². The lowest BCUT2D eigenvalue weighted by Gasteiger charge is -2.16. The van der Waals surface area contributed by atoms with E-state index in [1.54, 1.807) is 0 Å². The van der Waals surface area contributed by atoms with E-state index in [0.29, 0.717) is 11.0 Å². The minimum Gasteiger partial charge on any atom is -0.422 e. The summed E-state index contributed by atoms with van der Waals surface area (Å²) in [5.41, 5.74) is 7.50. The Morgan fingerprint density at radius 2 is 1.19 bits per heavy atom. The largest absolute Gasteiger partial charge is 0.422 e. The first-order valence-corrected chi connectivity index (χ1v) is 13.5. The first kappa shape index (κ1) is 23.2. The second-order valence-corrected chi connectivity index (χ2v) is 10.8. The van der Waals surface area contributed by atoms with Crippen LogP contribution >= 0.6 is 38.5 Å². The summed E-state index contributed by atoms with van der Waals surface area (Å²) in [6.07, 6.45) is 0.791. The van der Waals surface area contributed by atoms with Crippen molar-refractivity contribution in [2.24, 2.45) is 0 Å². The molecule has 0 fully saturated rings. The Kier molecular flexibility index (Phi) is 6.23. The van der Waals surface area contributed by atoms with Crippen LogP contribution in [0.3, 0.4) is 0 Å². The Morgan fingerprint density at radius 3 is 1.92 bits per heavy atom. The molecule has 1 aromatic heterocycles. The van der Waals surface area contributed by atoms with E-state index in [1.807, 2.05) is 36.4 Å². The van der Waals surface area contributed by atoms with Crippen LogP contribution in [0.15, 0.2) is 123 Å². The fourth-order valence-electron chi connectivity index (χ4n) is 4.86. The molecular weight excluding hydrogens is 623 g/mol. The molecular formula is C32H20BrIO2. The first-order valence-electron chi connectivity index (χ1n) is 11.7. The SMILES string of the molecule is O=c1oc2ccccc2c2cc(-c3ccccc3Cc3ccccc3-c3ccccc3Br)c(I)cc12. The van der Waals surface area contributed by atoms with E-state index < -0.39 is 0 Å². The topological polar surface area (TPSA) is 30.2 Å². The smallest absolute Gasteiger partial charge is 0.344 e. The van der Waals surface area contributed by atoms with Gasteiger partial charge in [-0.15, -0.1) is 0 Å². The maximum absolute atomic E-state index is 12.7. The van der Waals surface area contributed by atoms with Crippen molar-refractivity contribution >= 4 is 60.3 Å². The van der Waals surface area contributed by atoms with Crippen LogP contribution in [-0.4, -0.2) is 0 Å². The Balaban J connectivity index is 1.52. The maximum atomic E-state index is 12.7. The average Bonchev–Trinajstić information content (AvgIpc) is 2.90. The third kappa shape index (κ3) is 4.18. The van der Waals surface area contributed by atoms with Gasteiger partial charge in [0.25, 0.3) is 0 Å². The fourth-order valence-corrected chi connectivity index (χ4v) is 6.12. The third-order valence-corrected chi connectivity index (χ3v) is 8.16. The second-order valence-electron chi connectivity index (χ2n) is 8.73. The molecule has 0 aliphatic carbocycles. The molecule has 0 atom stereocenters. The van der Waals surface area contributed by atoms with Crippen molar-refractivity contribution in [2.45, 2.75) is 6.42 Å². The molecule has 174 valence electrons. The van der Waals surface area contributed by atoms with Crippen LogP contribution < -0.4 is 5.63 Å². The summed E-state index contributed by atoms with van der Waals surface area (Å²) in [6.45, 7) is 0. The van der Waals surface area contributed by atoms with E-state index in [2.05, 4.69) is 111 Å². The molecule has 0 bridgehead atoms. The minimum absolute atomic E-state index is 0.302. The predicted octanol–water partition coefficient (Wildman–Crippen LogP) is 9.24. The fraction of sp³-hybridized carbons (Fsp3) is 0.0312. The number of hydrogen-bond donors (Lipinski definition) is 0. The third-order valence-electron chi connectivity index (χ3n) is 6.58. The zero-order valence-corrected chi connectivity index (χ0v) is 22.9. The van der Waals surface area contributed by atoms with Crippen molar-refractivity contribution in [3.05, 3.63) is 139 Å². The van der Waals surface area contributed by atoms with Crippen LogP contribution in [0.1, 0.15) is 11.1 Å². The number of fused-ring (bicyclic) bond motifs is 3. The van der Waals surface area contributed by atoms with Crippen molar-refractivity contribution in [1.82, 2.24) is 0 Å². The van der Waals surface area contributed by atoms with E-state index in [0.717, 1.165) is 30.8 Å². The van der Waals surface area contributed by atoms with Gasteiger partial charge in [-0.2, -0.15) is 0 Å². The highest BCUT2D eigenvalue weighted by atomic mass is 127. The molecule has 5 aromatic carbocycles. The summed E-state index contributed by atoms with van der Waals surface area (Å²) in [5.74, 6) is 0. The lowest BCUT2D eigenvalue weighted by atomic mass is 9.90. The average molecular weight is 643 g/mol. The Bertz CT molecular complexity index is 1820. The Hall–Kier alpha value is -3.22. The van der Waals surface area contributed by atoms with Gasteiger partial charge in [-0.1, -0.05) is 101 Å². The number of benzene rings is 5. The molecule has 0 spiro atoms. The molecule has 0 unspecified atom stereocenters. The molecule has 0 N–H and O–H groups in total. The van der Waals surface area contributed by atoms with Gasteiger partial charge in [0.2, 0.25) is 0 Å². The van der Waals surface area contributed by atoms with E-state index >= 15 is 0 Å². The van der Waals surface area contributed by atoms with Gasteiger partial charge in [0.05, 0.1) is 5.39 Å². The first-order chi connectivity index (χ1) is 17.6. The van der Waals surface area contributed by atoms with E-state index in [4.69, 9.17) is 4.42 Å². The molecule has 1 heterocycles. The zero-order chi connectivity index (χ0) is 24.6. The van der Waals surface area contributed by atoms with Crippen LogP contribution in [-0.2, 0) is 6.42 Å². The normalized spacial score (nSPS) is 11.3. The van der Waals surface area contributed by atoms with Gasteiger partial charge >= 0.3 is 5.63 Å². The highest BCUT2D eigenvalue weighted by Crippen LogP contribution is 2.36. The van der Waals surface area contributed by atoms with Gasteiger partial charge in [0.1, 0.15) is 5.58 Å². The molecule has 6 rings (SSSR count). The van der Waals surface area contributed by atoms with Crippen LogP contribution in [0.25, 0.3) is 44.0 Å². The number of rotatable bonds is 4. The number of halogens is 2. The van der Waals surface area contributed by atoms with Crippen LogP contribution in [0, 0.1) is 3.57 Å². The van der Waals surface area contributed by atoms with E-state index in [-0.39, 0.29) is 5.63 Å². The van der Waals surface area contributed by atoms with Gasteiger partial charge in [0, 0.05) is 18.8 Å². The Morgan fingerprint density at radius 1 is 0.611 bits per heavy atom. The maximum Gasteiger partial charge on any atom is 0.344 e. The van der Waals surface area contributed by atoms with Gasteiger partial charge in [-0.25, -0.2) is 4.79 Å². The summed E-state index contributed by atoms with van der Waals surface area (Å²) < 4.78 is 7.69.